The van der Waals surface area contributed by atoms with Gasteiger partial charge in [0, 0.05) is 25.7 Å². The quantitative estimate of drug-likeness (QED) is 0.783. The number of likely N-dealkylation sites (tertiary alicyclic amines) is 1. The zero-order valence-electron chi connectivity index (χ0n) is 14.6. The molecule has 0 radical (unpaired) electrons. The monoisotopic (exact) mass is 297 g/mol. The molecule has 0 aliphatic carbocycles. The van der Waals surface area contributed by atoms with E-state index in [2.05, 4.69) is 39.5 Å². The lowest BCUT2D eigenvalue weighted by Gasteiger charge is -2.40. The van der Waals surface area contributed by atoms with Gasteiger partial charge in [0.1, 0.15) is 0 Å². The average Bonchev–Trinajstić information content (AvgIpc) is 2.37. The molecular formula is C17H35N3O. The second-order valence-corrected chi connectivity index (χ2v) is 7.48. The Labute approximate surface area is 131 Å². The summed E-state index contributed by atoms with van der Waals surface area (Å²) < 4.78 is 0. The molecule has 1 amide bonds. The molecule has 0 aromatic rings. The zero-order chi connectivity index (χ0) is 16.0. The molecule has 1 saturated heterocycles. The smallest absolute Gasteiger partial charge is 0.236 e. The van der Waals surface area contributed by atoms with Crippen LogP contribution in [-0.2, 0) is 4.79 Å². The Morgan fingerprint density at radius 3 is 2.29 bits per heavy atom. The van der Waals surface area contributed by atoms with Crippen LogP contribution in [0.1, 0.15) is 47.5 Å². The van der Waals surface area contributed by atoms with E-state index in [0.717, 1.165) is 19.6 Å². The van der Waals surface area contributed by atoms with Gasteiger partial charge in [0.15, 0.2) is 0 Å². The molecule has 0 saturated carbocycles. The van der Waals surface area contributed by atoms with Crippen molar-refractivity contribution in [3.05, 3.63) is 0 Å². The van der Waals surface area contributed by atoms with Crippen LogP contribution in [0.3, 0.4) is 0 Å². The van der Waals surface area contributed by atoms with Crippen LogP contribution in [0.15, 0.2) is 0 Å². The summed E-state index contributed by atoms with van der Waals surface area (Å²) in [6, 6.07) is 0.364. The van der Waals surface area contributed by atoms with E-state index in [0.29, 0.717) is 36.9 Å². The summed E-state index contributed by atoms with van der Waals surface area (Å²) in [4.78, 5) is 17.0. The minimum atomic E-state index is 0.268. The van der Waals surface area contributed by atoms with Gasteiger partial charge in [0.25, 0.3) is 0 Å². The zero-order valence-corrected chi connectivity index (χ0v) is 14.6. The number of piperidine rings is 1. The molecule has 4 nitrogen and oxygen atoms in total. The van der Waals surface area contributed by atoms with Crippen LogP contribution in [0.4, 0.5) is 0 Å². The second-order valence-electron chi connectivity index (χ2n) is 7.48. The van der Waals surface area contributed by atoms with Crippen molar-refractivity contribution in [2.24, 2.45) is 23.5 Å². The molecule has 0 spiro atoms. The number of hydrogen-bond donors (Lipinski definition) is 1. The molecule has 2 atom stereocenters. The van der Waals surface area contributed by atoms with Crippen molar-refractivity contribution in [3.8, 4) is 0 Å². The lowest BCUT2D eigenvalue weighted by molar-refractivity contribution is -0.134. The van der Waals surface area contributed by atoms with E-state index in [4.69, 9.17) is 5.73 Å². The van der Waals surface area contributed by atoms with Crippen LogP contribution in [0.5, 0.6) is 0 Å². The molecule has 1 aliphatic heterocycles. The minimum absolute atomic E-state index is 0.268. The molecule has 1 rings (SSSR count). The normalized spacial score (nSPS) is 23.8. The van der Waals surface area contributed by atoms with Crippen molar-refractivity contribution in [3.63, 3.8) is 0 Å². The summed E-state index contributed by atoms with van der Waals surface area (Å²) in [6.07, 6.45) is 2.41. The van der Waals surface area contributed by atoms with Crippen molar-refractivity contribution in [2.75, 3.05) is 32.7 Å². The molecule has 0 bridgehead atoms. The number of rotatable bonds is 7. The average molecular weight is 297 g/mol. The number of hydrogen-bond acceptors (Lipinski definition) is 3. The first kappa shape index (κ1) is 18.4. The fraction of sp³-hybridized carbons (Fsp3) is 0.941. The van der Waals surface area contributed by atoms with E-state index in [1.807, 2.05) is 4.90 Å². The standard InChI is InChI=1S/C17H35N3O/c1-13(2)10-20(11-14(3)4)17(21)12-19-8-6-7-15(5)16(19)9-18/h13-16H,6-12,18H2,1-5H3. The van der Waals surface area contributed by atoms with Gasteiger partial charge < -0.3 is 10.6 Å². The van der Waals surface area contributed by atoms with E-state index < -0.39 is 0 Å². The number of carbonyl (C=O) groups excluding carboxylic acids is 1. The molecule has 0 aromatic carbocycles. The Morgan fingerprint density at radius 1 is 1.24 bits per heavy atom. The minimum Gasteiger partial charge on any atom is -0.341 e. The van der Waals surface area contributed by atoms with E-state index >= 15 is 0 Å². The fourth-order valence-electron chi connectivity index (χ4n) is 3.35. The number of nitrogens with two attached hydrogens (primary N) is 1. The van der Waals surface area contributed by atoms with Gasteiger partial charge in [-0.2, -0.15) is 0 Å². The highest BCUT2D eigenvalue weighted by atomic mass is 16.2. The van der Waals surface area contributed by atoms with Gasteiger partial charge in [-0.1, -0.05) is 34.6 Å². The van der Waals surface area contributed by atoms with Gasteiger partial charge in [-0.15, -0.1) is 0 Å². The highest BCUT2D eigenvalue weighted by Gasteiger charge is 2.30. The highest BCUT2D eigenvalue weighted by Crippen LogP contribution is 2.22. The summed E-state index contributed by atoms with van der Waals surface area (Å²) >= 11 is 0. The van der Waals surface area contributed by atoms with E-state index in [-0.39, 0.29) is 5.91 Å². The van der Waals surface area contributed by atoms with Crippen molar-refractivity contribution >= 4 is 5.91 Å². The summed E-state index contributed by atoms with van der Waals surface area (Å²) in [5, 5.41) is 0. The van der Waals surface area contributed by atoms with Crippen LogP contribution >= 0.6 is 0 Å². The molecular weight excluding hydrogens is 262 g/mol. The van der Waals surface area contributed by atoms with Crippen molar-refractivity contribution < 1.29 is 4.79 Å². The molecule has 1 heterocycles. The van der Waals surface area contributed by atoms with Crippen molar-refractivity contribution in [2.45, 2.75) is 53.5 Å². The predicted octanol–water partition coefficient (Wildman–Crippen LogP) is 2.19. The van der Waals surface area contributed by atoms with Crippen LogP contribution in [0, 0.1) is 17.8 Å². The maximum atomic E-state index is 12.7. The van der Waals surface area contributed by atoms with Crippen LogP contribution < -0.4 is 5.73 Å². The molecule has 21 heavy (non-hydrogen) atoms. The predicted molar refractivity (Wildman–Crippen MR) is 89.1 cm³/mol. The van der Waals surface area contributed by atoms with Gasteiger partial charge >= 0.3 is 0 Å². The first-order valence-electron chi connectivity index (χ1n) is 8.57. The summed E-state index contributed by atoms with van der Waals surface area (Å²) in [7, 11) is 0. The summed E-state index contributed by atoms with van der Waals surface area (Å²) in [6.45, 7) is 14.9. The Balaban J connectivity index is 2.65. The third kappa shape index (κ3) is 5.95. The van der Waals surface area contributed by atoms with E-state index in [1.165, 1.54) is 12.8 Å². The number of carbonyl (C=O) groups is 1. The number of nitrogens with zero attached hydrogens (tertiary/aromatic N) is 2. The van der Waals surface area contributed by atoms with E-state index in [1.54, 1.807) is 0 Å². The Kier molecular flexibility index (Phi) is 7.67. The third-order valence-corrected chi connectivity index (χ3v) is 4.33. The highest BCUT2D eigenvalue weighted by molar-refractivity contribution is 5.78. The molecule has 0 aromatic heterocycles. The summed E-state index contributed by atoms with van der Waals surface area (Å²) in [5.41, 5.74) is 5.93. The van der Waals surface area contributed by atoms with Gasteiger partial charge in [-0.3, -0.25) is 9.69 Å². The van der Waals surface area contributed by atoms with Crippen molar-refractivity contribution in [1.82, 2.24) is 9.80 Å². The first-order chi connectivity index (χ1) is 9.85. The third-order valence-electron chi connectivity index (χ3n) is 4.33. The topological polar surface area (TPSA) is 49.6 Å². The van der Waals surface area contributed by atoms with Gasteiger partial charge in [-0.05, 0) is 37.1 Å². The Morgan fingerprint density at radius 2 is 1.81 bits per heavy atom. The number of amides is 1. The maximum Gasteiger partial charge on any atom is 0.236 e. The molecule has 4 heteroatoms. The maximum absolute atomic E-state index is 12.7. The summed E-state index contributed by atoms with van der Waals surface area (Å²) in [5.74, 6) is 1.89. The molecule has 2 N–H and O–H groups in total. The first-order valence-corrected chi connectivity index (χ1v) is 8.57. The van der Waals surface area contributed by atoms with Gasteiger partial charge in [0.2, 0.25) is 5.91 Å². The molecule has 1 aliphatic rings. The second kappa shape index (κ2) is 8.74. The van der Waals surface area contributed by atoms with Crippen molar-refractivity contribution in [1.29, 1.82) is 0 Å². The van der Waals surface area contributed by atoms with Crippen LogP contribution in [-0.4, -0.2) is 54.5 Å². The van der Waals surface area contributed by atoms with Crippen LogP contribution in [0.25, 0.3) is 0 Å². The van der Waals surface area contributed by atoms with E-state index in [9.17, 15) is 4.79 Å². The lowest BCUT2D eigenvalue weighted by Crippen LogP contribution is -2.53. The largest absolute Gasteiger partial charge is 0.341 e. The Bertz CT molecular complexity index is 307. The molecule has 1 fully saturated rings. The molecule has 2 unspecified atom stereocenters. The van der Waals surface area contributed by atoms with Crippen LogP contribution in [0.2, 0.25) is 0 Å². The SMILES string of the molecule is CC(C)CN(CC(C)C)C(=O)CN1CCCC(C)C1CN. The van der Waals surface area contributed by atoms with Gasteiger partial charge in [0.05, 0.1) is 6.54 Å². The fourth-order valence-corrected chi connectivity index (χ4v) is 3.35. The molecule has 124 valence electrons. The Hall–Kier alpha value is -0.610. The lowest BCUT2D eigenvalue weighted by atomic mass is 9.91. The van der Waals surface area contributed by atoms with Gasteiger partial charge in [-0.25, -0.2) is 0 Å².